The fourth-order valence-electron chi connectivity index (χ4n) is 2.47. The Balaban J connectivity index is 2.11. The molecule has 0 saturated heterocycles. The second-order valence-electron chi connectivity index (χ2n) is 6.45. The van der Waals surface area contributed by atoms with Gasteiger partial charge in [-0.1, -0.05) is 0 Å². The minimum absolute atomic E-state index is 0.225. The zero-order valence-electron chi connectivity index (χ0n) is 13.3. The number of nitrogens with one attached hydrogen (secondary N) is 1. The average Bonchev–Trinajstić information content (AvgIpc) is 2.84. The first-order valence-corrected chi connectivity index (χ1v) is 7.44. The number of aliphatic imine (C=N–C) groups is 1. The van der Waals surface area contributed by atoms with Crippen LogP contribution in [0.3, 0.4) is 0 Å². The summed E-state index contributed by atoms with van der Waals surface area (Å²) in [7, 11) is 0. The summed E-state index contributed by atoms with van der Waals surface area (Å²) in [6, 6.07) is 7.55. The van der Waals surface area contributed by atoms with Gasteiger partial charge >= 0.3 is 0 Å². The van der Waals surface area contributed by atoms with Gasteiger partial charge in [0.2, 0.25) is 5.89 Å². The molecular weight excluding hydrogens is 298 g/mol. The van der Waals surface area contributed by atoms with Crippen molar-refractivity contribution in [3.63, 3.8) is 0 Å². The van der Waals surface area contributed by atoms with E-state index in [-0.39, 0.29) is 16.0 Å². The molecule has 0 bridgehead atoms. The summed E-state index contributed by atoms with van der Waals surface area (Å²) in [5, 5.41) is 6.60. The molecule has 118 valence electrons. The van der Waals surface area contributed by atoms with Crippen LogP contribution in [0.4, 0.5) is 0 Å². The number of aromatic nitrogens is 2. The SMILES string of the molecule is C=NC(C)(C)CC(C)(C)Oc1ccc(-c2n[nH]c(=S)o2)cc1. The van der Waals surface area contributed by atoms with E-state index in [2.05, 4.69) is 21.9 Å². The molecule has 0 unspecified atom stereocenters. The van der Waals surface area contributed by atoms with Crippen LogP contribution in [0.1, 0.15) is 34.1 Å². The van der Waals surface area contributed by atoms with Gasteiger partial charge in [-0.2, -0.15) is 0 Å². The molecule has 0 aliphatic carbocycles. The third-order valence-corrected chi connectivity index (χ3v) is 3.39. The Morgan fingerprint density at radius 2 is 1.91 bits per heavy atom. The van der Waals surface area contributed by atoms with E-state index in [1.165, 1.54) is 0 Å². The first-order chi connectivity index (χ1) is 10.2. The highest BCUT2D eigenvalue weighted by molar-refractivity contribution is 7.71. The van der Waals surface area contributed by atoms with E-state index >= 15 is 0 Å². The zero-order chi connectivity index (χ0) is 16.4. The highest BCUT2D eigenvalue weighted by Crippen LogP contribution is 2.29. The third-order valence-electron chi connectivity index (χ3n) is 3.22. The van der Waals surface area contributed by atoms with Crippen LogP contribution in [0, 0.1) is 4.84 Å². The van der Waals surface area contributed by atoms with Gasteiger partial charge < -0.3 is 9.15 Å². The first-order valence-electron chi connectivity index (χ1n) is 7.04. The van der Waals surface area contributed by atoms with E-state index < -0.39 is 0 Å². The molecule has 0 atom stereocenters. The van der Waals surface area contributed by atoms with Gasteiger partial charge in [-0.05, 0) is 70.9 Å². The van der Waals surface area contributed by atoms with E-state index in [0.717, 1.165) is 17.7 Å². The largest absolute Gasteiger partial charge is 0.488 e. The standard InChI is InChI=1S/C16H21N3O2S/c1-15(2,17-5)10-16(3,4)21-12-8-6-11(7-9-12)13-18-19-14(22)20-13/h6-9H,5,10H2,1-4H3,(H,19,22). The summed E-state index contributed by atoms with van der Waals surface area (Å²) in [5.74, 6) is 1.25. The zero-order valence-corrected chi connectivity index (χ0v) is 14.2. The maximum atomic E-state index is 6.07. The molecule has 1 aromatic heterocycles. The lowest BCUT2D eigenvalue weighted by atomic mass is 9.90. The summed E-state index contributed by atoms with van der Waals surface area (Å²) < 4.78 is 11.3. The van der Waals surface area contributed by atoms with Gasteiger partial charge in [0.15, 0.2) is 0 Å². The highest BCUT2D eigenvalue weighted by atomic mass is 32.1. The van der Waals surface area contributed by atoms with Crippen LogP contribution in [0.25, 0.3) is 11.5 Å². The lowest BCUT2D eigenvalue weighted by Gasteiger charge is -2.32. The number of H-pyrrole nitrogens is 1. The van der Waals surface area contributed by atoms with Crippen molar-refractivity contribution in [1.82, 2.24) is 10.2 Å². The van der Waals surface area contributed by atoms with Crippen molar-refractivity contribution in [3.05, 3.63) is 29.1 Å². The van der Waals surface area contributed by atoms with E-state index in [1.54, 1.807) is 0 Å². The summed E-state index contributed by atoms with van der Waals surface area (Å²) in [6.07, 6.45) is 0.763. The summed E-state index contributed by atoms with van der Waals surface area (Å²) >= 11 is 4.87. The monoisotopic (exact) mass is 319 g/mol. The normalized spacial score (nSPS) is 12.2. The second-order valence-corrected chi connectivity index (χ2v) is 6.82. The van der Waals surface area contributed by atoms with Crippen molar-refractivity contribution in [3.8, 4) is 17.2 Å². The van der Waals surface area contributed by atoms with Crippen molar-refractivity contribution < 1.29 is 9.15 Å². The van der Waals surface area contributed by atoms with Crippen LogP contribution in [-0.4, -0.2) is 28.1 Å². The van der Waals surface area contributed by atoms with Gasteiger partial charge in [0.05, 0.1) is 5.54 Å². The number of rotatable bonds is 6. The lowest BCUT2D eigenvalue weighted by molar-refractivity contribution is 0.0789. The number of aromatic amines is 1. The molecule has 1 aromatic carbocycles. The molecule has 0 amide bonds. The van der Waals surface area contributed by atoms with Gasteiger partial charge in [0.1, 0.15) is 11.4 Å². The van der Waals surface area contributed by atoms with Gasteiger partial charge in [-0.25, -0.2) is 5.10 Å². The van der Waals surface area contributed by atoms with Gasteiger partial charge in [0.25, 0.3) is 4.84 Å². The first kappa shape index (κ1) is 16.4. The molecule has 0 radical (unpaired) electrons. The minimum atomic E-state index is -0.350. The van der Waals surface area contributed by atoms with Gasteiger partial charge in [-0.15, -0.1) is 5.10 Å². The Labute approximate surface area is 135 Å². The quantitative estimate of drug-likeness (QED) is 0.632. The molecular formula is C16H21N3O2S. The number of benzene rings is 1. The molecule has 1 N–H and O–H groups in total. The molecule has 0 saturated carbocycles. The average molecular weight is 319 g/mol. The number of hydrogen-bond acceptors (Lipinski definition) is 5. The van der Waals surface area contributed by atoms with E-state index in [1.807, 2.05) is 52.0 Å². The highest BCUT2D eigenvalue weighted by Gasteiger charge is 2.29. The fraction of sp³-hybridized carbons (Fsp3) is 0.438. The Kier molecular flexibility index (Phi) is 4.51. The molecule has 1 heterocycles. The Morgan fingerprint density at radius 1 is 1.27 bits per heavy atom. The lowest BCUT2D eigenvalue weighted by Crippen LogP contribution is -2.36. The summed E-state index contributed by atoms with van der Waals surface area (Å²) in [6.45, 7) is 11.8. The maximum Gasteiger partial charge on any atom is 0.284 e. The Bertz CT molecular complexity index is 699. The third kappa shape index (κ3) is 4.27. The molecule has 0 aliphatic heterocycles. The van der Waals surface area contributed by atoms with Crippen LogP contribution < -0.4 is 4.74 Å². The topological polar surface area (TPSA) is 63.4 Å². The maximum absolute atomic E-state index is 6.07. The van der Waals surface area contributed by atoms with Crippen LogP contribution in [-0.2, 0) is 0 Å². The number of ether oxygens (including phenoxy) is 1. The second kappa shape index (κ2) is 6.04. The summed E-state index contributed by atoms with van der Waals surface area (Å²) in [4.78, 5) is 4.40. The molecule has 22 heavy (non-hydrogen) atoms. The fourth-order valence-corrected chi connectivity index (χ4v) is 2.60. The van der Waals surface area contributed by atoms with Gasteiger partial charge in [0, 0.05) is 12.0 Å². The smallest absolute Gasteiger partial charge is 0.284 e. The van der Waals surface area contributed by atoms with Crippen LogP contribution in [0.2, 0.25) is 0 Å². The molecule has 0 fully saturated rings. The van der Waals surface area contributed by atoms with Gasteiger partial charge in [-0.3, -0.25) is 4.99 Å². The van der Waals surface area contributed by atoms with Crippen LogP contribution in [0.15, 0.2) is 33.7 Å². The predicted molar refractivity (Wildman–Crippen MR) is 90.1 cm³/mol. The van der Waals surface area contributed by atoms with Crippen molar-refractivity contribution in [1.29, 1.82) is 0 Å². The number of nitrogens with zero attached hydrogens (tertiary/aromatic N) is 2. The van der Waals surface area contributed by atoms with Crippen molar-refractivity contribution in [2.75, 3.05) is 0 Å². The molecule has 0 aliphatic rings. The molecule has 2 rings (SSSR count). The van der Waals surface area contributed by atoms with Crippen LogP contribution >= 0.6 is 12.2 Å². The Morgan fingerprint density at radius 3 is 2.41 bits per heavy atom. The van der Waals surface area contributed by atoms with Crippen molar-refractivity contribution in [2.24, 2.45) is 4.99 Å². The molecule has 2 aromatic rings. The van der Waals surface area contributed by atoms with E-state index in [0.29, 0.717) is 5.89 Å². The predicted octanol–water partition coefficient (Wildman–Crippen LogP) is 4.43. The van der Waals surface area contributed by atoms with Crippen molar-refractivity contribution >= 4 is 18.9 Å². The van der Waals surface area contributed by atoms with Crippen LogP contribution in [0.5, 0.6) is 5.75 Å². The minimum Gasteiger partial charge on any atom is -0.488 e. The molecule has 6 heteroatoms. The van der Waals surface area contributed by atoms with E-state index in [4.69, 9.17) is 21.4 Å². The molecule has 0 spiro atoms. The Hall–Kier alpha value is -1.95. The number of hydrogen-bond donors (Lipinski definition) is 1. The summed E-state index contributed by atoms with van der Waals surface area (Å²) in [5.41, 5.74) is 0.263. The van der Waals surface area contributed by atoms with E-state index in [9.17, 15) is 0 Å². The van der Waals surface area contributed by atoms with Crippen molar-refractivity contribution in [2.45, 2.75) is 45.3 Å². The molecule has 5 nitrogen and oxygen atoms in total.